The predicted molar refractivity (Wildman–Crippen MR) is 88.5 cm³/mol. The van der Waals surface area contributed by atoms with Gasteiger partial charge >= 0.3 is 0 Å². The van der Waals surface area contributed by atoms with E-state index < -0.39 is 0 Å². The first kappa shape index (κ1) is 17.0. The largest absolute Gasteiger partial charge is 0.393 e. The van der Waals surface area contributed by atoms with Crippen LogP contribution < -0.4 is 5.32 Å². The maximum atomic E-state index is 12.0. The van der Waals surface area contributed by atoms with Crippen LogP contribution in [0, 0.1) is 12.8 Å². The van der Waals surface area contributed by atoms with E-state index in [1.54, 1.807) is 0 Å². The number of rotatable bonds is 6. The van der Waals surface area contributed by atoms with Gasteiger partial charge in [-0.25, -0.2) is 0 Å². The number of likely N-dealkylation sites (N-methyl/N-ethyl adjacent to an activating group) is 1. The predicted octanol–water partition coefficient (Wildman–Crippen LogP) is 2.09. The van der Waals surface area contributed by atoms with Crippen LogP contribution in [0.1, 0.15) is 36.8 Å². The third kappa shape index (κ3) is 5.11. The summed E-state index contributed by atoms with van der Waals surface area (Å²) < 4.78 is 0. The van der Waals surface area contributed by atoms with Crippen LogP contribution in [-0.4, -0.2) is 42.2 Å². The van der Waals surface area contributed by atoms with Crippen molar-refractivity contribution in [2.24, 2.45) is 5.92 Å². The number of nitrogens with one attached hydrogen (secondary N) is 1. The summed E-state index contributed by atoms with van der Waals surface area (Å²) in [5.74, 6) is 0.346. The number of amides is 1. The Morgan fingerprint density at radius 2 is 2.05 bits per heavy atom. The molecule has 0 spiro atoms. The van der Waals surface area contributed by atoms with E-state index in [0.29, 0.717) is 19.0 Å². The number of carbonyl (C=O) groups is 1. The van der Waals surface area contributed by atoms with Crippen molar-refractivity contribution in [2.75, 3.05) is 20.1 Å². The molecule has 0 saturated heterocycles. The number of benzene rings is 1. The average molecular weight is 304 g/mol. The second kappa shape index (κ2) is 8.30. The molecule has 0 radical (unpaired) electrons. The highest BCUT2D eigenvalue weighted by Gasteiger charge is 2.24. The van der Waals surface area contributed by atoms with E-state index in [9.17, 15) is 9.90 Å². The number of aliphatic hydroxyl groups excluding tert-OH is 1. The molecular formula is C18H28N2O2. The van der Waals surface area contributed by atoms with Crippen LogP contribution in [-0.2, 0) is 11.3 Å². The quantitative estimate of drug-likeness (QED) is 0.846. The van der Waals surface area contributed by atoms with Crippen LogP contribution in [0.4, 0.5) is 0 Å². The molecule has 1 saturated carbocycles. The monoisotopic (exact) mass is 304 g/mol. The molecule has 2 unspecified atom stereocenters. The Morgan fingerprint density at radius 1 is 1.32 bits per heavy atom. The van der Waals surface area contributed by atoms with Gasteiger partial charge in [-0.15, -0.1) is 0 Å². The van der Waals surface area contributed by atoms with Gasteiger partial charge in [-0.05, 0) is 43.9 Å². The zero-order valence-electron chi connectivity index (χ0n) is 13.7. The van der Waals surface area contributed by atoms with Gasteiger partial charge in [0.15, 0.2) is 0 Å². The zero-order chi connectivity index (χ0) is 15.9. The Balaban J connectivity index is 1.73. The molecule has 122 valence electrons. The molecule has 4 heteroatoms. The molecule has 0 aliphatic heterocycles. The van der Waals surface area contributed by atoms with Crippen molar-refractivity contribution in [3.63, 3.8) is 0 Å². The number of carbonyl (C=O) groups excluding carboxylic acids is 1. The first-order valence-electron chi connectivity index (χ1n) is 8.24. The summed E-state index contributed by atoms with van der Waals surface area (Å²) in [4.78, 5) is 14.1. The summed E-state index contributed by atoms with van der Waals surface area (Å²) in [6.45, 7) is 3.80. The average Bonchev–Trinajstić information content (AvgIpc) is 2.49. The number of hydrogen-bond donors (Lipinski definition) is 2. The lowest BCUT2D eigenvalue weighted by molar-refractivity contribution is -0.122. The van der Waals surface area contributed by atoms with Crippen LogP contribution in [0.3, 0.4) is 0 Å². The molecule has 1 amide bonds. The highest BCUT2D eigenvalue weighted by molar-refractivity contribution is 5.78. The van der Waals surface area contributed by atoms with Crippen molar-refractivity contribution < 1.29 is 9.90 Å². The van der Waals surface area contributed by atoms with Gasteiger partial charge < -0.3 is 10.4 Å². The van der Waals surface area contributed by atoms with Crippen molar-refractivity contribution in [1.82, 2.24) is 10.2 Å². The molecule has 0 heterocycles. The molecule has 1 fully saturated rings. The molecule has 2 atom stereocenters. The van der Waals surface area contributed by atoms with Gasteiger partial charge in [0.2, 0.25) is 5.91 Å². The summed E-state index contributed by atoms with van der Waals surface area (Å²) in [6.07, 6.45) is 4.08. The lowest BCUT2D eigenvalue weighted by Gasteiger charge is -2.30. The number of aryl methyl sites for hydroxylation is 1. The fourth-order valence-electron chi connectivity index (χ4n) is 3.17. The summed E-state index contributed by atoms with van der Waals surface area (Å²) in [7, 11) is 1.95. The Bertz CT molecular complexity index is 490. The summed E-state index contributed by atoms with van der Waals surface area (Å²) in [5, 5.41) is 13.0. The molecule has 22 heavy (non-hydrogen) atoms. The molecule has 1 aromatic carbocycles. The van der Waals surface area contributed by atoms with Gasteiger partial charge in [0.05, 0.1) is 12.6 Å². The molecule has 1 aliphatic rings. The van der Waals surface area contributed by atoms with Gasteiger partial charge in [0, 0.05) is 13.1 Å². The Morgan fingerprint density at radius 3 is 2.77 bits per heavy atom. The molecule has 1 aliphatic carbocycles. The van der Waals surface area contributed by atoms with Gasteiger partial charge in [-0.2, -0.15) is 0 Å². The SMILES string of the molecule is Cc1ccccc1CNC(=O)CN(C)CC1CCCCC1O. The Labute approximate surface area is 133 Å². The van der Waals surface area contributed by atoms with E-state index in [-0.39, 0.29) is 12.0 Å². The van der Waals surface area contributed by atoms with E-state index in [4.69, 9.17) is 0 Å². The topological polar surface area (TPSA) is 52.6 Å². The smallest absolute Gasteiger partial charge is 0.234 e. The standard InChI is InChI=1S/C18H28N2O2/c1-14-7-3-4-8-15(14)11-19-18(22)13-20(2)12-16-9-5-6-10-17(16)21/h3-4,7-8,16-17,21H,5-6,9-13H2,1-2H3,(H,19,22). The first-order valence-corrected chi connectivity index (χ1v) is 8.24. The molecule has 2 rings (SSSR count). The minimum absolute atomic E-state index is 0.0380. The van der Waals surface area contributed by atoms with Crippen molar-refractivity contribution in [3.05, 3.63) is 35.4 Å². The number of hydrogen-bond acceptors (Lipinski definition) is 3. The third-order valence-corrected chi connectivity index (χ3v) is 4.57. The number of aliphatic hydroxyl groups is 1. The van der Waals surface area contributed by atoms with E-state index in [1.807, 2.05) is 30.1 Å². The van der Waals surface area contributed by atoms with Crippen LogP contribution >= 0.6 is 0 Å². The summed E-state index contributed by atoms with van der Waals surface area (Å²) >= 11 is 0. The normalized spacial score (nSPS) is 21.8. The lowest BCUT2D eigenvalue weighted by atomic mass is 9.86. The Kier molecular flexibility index (Phi) is 6.40. The fraction of sp³-hybridized carbons (Fsp3) is 0.611. The van der Waals surface area contributed by atoms with Gasteiger partial charge in [0.1, 0.15) is 0 Å². The lowest BCUT2D eigenvalue weighted by Crippen LogP contribution is -2.40. The second-order valence-corrected chi connectivity index (χ2v) is 6.51. The minimum Gasteiger partial charge on any atom is -0.393 e. The van der Waals surface area contributed by atoms with Crippen molar-refractivity contribution in [3.8, 4) is 0 Å². The molecule has 0 aromatic heterocycles. The molecule has 1 aromatic rings. The van der Waals surface area contributed by atoms with Crippen LogP contribution in [0.5, 0.6) is 0 Å². The molecule has 4 nitrogen and oxygen atoms in total. The highest BCUT2D eigenvalue weighted by atomic mass is 16.3. The van der Waals surface area contributed by atoms with Crippen LogP contribution in [0.25, 0.3) is 0 Å². The maximum Gasteiger partial charge on any atom is 0.234 e. The van der Waals surface area contributed by atoms with E-state index in [1.165, 1.54) is 12.0 Å². The van der Waals surface area contributed by atoms with Crippen LogP contribution in [0.15, 0.2) is 24.3 Å². The Hall–Kier alpha value is -1.39. The summed E-state index contributed by atoms with van der Waals surface area (Å²) in [5.41, 5.74) is 2.35. The van der Waals surface area contributed by atoms with Crippen molar-refractivity contribution in [2.45, 2.75) is 45.3 Å². The van der Waals surface area contributed by atoms with Crippen molar-refractivity contribution in [1.29, 1.82) is 0 Å². The fourth-order valence-corrected chi connectivity index (χ4v) is 3.17. The molecular weight excluding hydrogens is 276 g/mol. The molecule has 0 bridgehead atoms. The third-order valence-electron chi connectivity index (χ3n) is 4.57. The van der Waals surface area contributed by atoms with E-state index in [2.05, 4.69) is 18.3 Å². The van der Waals surface area contributed by atoms with E-state index in [0.717, 1.165) is 31.4 Å². The van der Waals surface area contributed by atoms with Gasteiger partial charge in [0.25, 0.3) is 0 Å². The minimum atomic E-state index is -0.203. The van der Waals surface area contributed by atoms with E-state index >= 15 is 0 Å². The second-order valence-electron chi connectivity index (χ2n) is 6.51. The van der Waals surface area contributed by atoms with Crippen LogP contribution in [0.2, 0.25) is 0 Å². The summed E-state index contributed by atoms with van der Waals surface area (Å²) in [6, 6.07) is 8.09. The zero-order valence-corrected chi connectivity index (χ0v) is 13.7. The van der Waals surface area contributed by atoms with Crippen molar-refractivity contribution >= 4 is 5.91 Å². The maximum absolute atomic E-state index is 12.0. The van der Waals surface area contributed by atoms with Gasteiger partial charge in [-0.1, -0.05) is 37.1 Å². The number of nitrogens with zero attached hydrogens (tertiary/aromatic N) is 1. The molecule has 2 N–H and O–H groups in total. The van der Waals surface area contributed by atoms with Gasteiger partial charge in [-0.3, -0.25) is 9.69 Å². The highest BCUT2D eigenvalue weighted by Crippen LogP contribution is 2.24. The first-order chi connectivity index (χ1) is 10.6.